The summed E-state index contributed by atoms with van der Waals surface area (Å²) >= 11 is 0. The van der Waals surface area contributed by atoms with Crippen molar-refractivity contribution in [2.45, 2.75) is 26.3 Å². The number of amides is 1. The van der Waals surface area contributed by atoms with Gasteiger partial charge in [-0.1, -0.05) is 13.8 Å². The number of nitrogens with zero attached hydrogens (tertiary/aromatic N) is 2. The van der Waals surface area contributed by atoms with Gasteiger partial charge < -0.3 is 4.90 Å². The van der Waals surface area contributed by atoms with Gasteiger partial charge in [0.1, 0.15) is 5.69 Å². The minimum atomic E-state index is -0.300. The van der Waals surface area contributed by atoms with Crippen LogP contribution in [0.3, 0.4) is 0 Å². The van der Waals surface area contributed by atoms with Crippen molar-refractivity contribution in [3.05, 3.63) is 28.2 Å². The fraction of sp³-hybridized carbons (Fsp3) is 0.545. The Morgan fingerprint density at radius 1 is 1.56 bits per heavy atom. The topological polar surface area (TPSA) is 66.1 Å². The zero-order valence-corrected chi connectivity index (χ0v) is 9.65. The number of aromatic amines is 1. The Balaban J connectivity index is 2.14. The summed E-state index contributed by atoms with van der Waals surface area (Å²) in [6, 6.07) is 3.04. The number of aromatic nitrogens is 2. The zero-order chi connectivity index (χ0) is 11.9. The number of hydrogen-bond donors (Lipinski definition) is 1. The Morgan fingerprint density at radius 2 is 2.19 bits per heavy atom. The van der Waals surface area contributed by atoms with Crippen LogP contribution in [0.15, 0.2) is 16.9 Å². The first-order valence-electron chi connectivity index (χ1n) is 5.25. The molecular formula is C11H15N3O2. The Bertz CT molecular complexity index is 458. The van der Waals surface area contributed by atoms with Crippen molar-refractivity contribution >= 4 is 5.91 Å². The molecule has 1 heterocycles. The van der Waals surface area contributed by atoms with Crippen LogP contribution in [0.4, 0.5) is 0 Å². The maximum absolute atomic E-state index is 12.0. The molecule has 2 rings (SSSR count). The molecule has 1 aromatic heterocycles. The average Bonchev–Trinajstić information content (AvgIpc) is 2.87. The second-order valence-corrected chi connectivity index (χ2v) is 4.93. The molecule has 0 bridgehead atoms. The lowest BCUT2D eigenvalue weighted by molar-refractivity contribution is 0.0761. The van der Waals surface area contributed by atoms with E-state index in [9.17, 15) is 9.59 Å². The molecule has 1 aliphatic carbocycles. The molecule has 16 heavy (non-hydrogen) atoms. The molecule has 0 saturated heterocycles. The lowest BCUT2D eigenvalue weighted by Gasteiger charge is -2.18. The lowest BCUT2D eigenvalue weighted by atomic mass is 10.2. The van der Waals surface area contributed by atoms with Crippen LogP contribution in [0.2, 0.25) is 0 Å². The summed E-state index contributed by atoms with van der Waals surface area (Å²) in [7, 11) is 1.77. The van der Waals surface area contributed by atoms with E-state index in [-0.39, 0.29) is 28.6 Å². The van der Waals surface area contributed by atoms with Crippen LogP contribution in [-0.2, 0) is 0 Å². The van der Waals surface area contributed by atoms with Gasteiger partial charge in [0.15, 0.2) is 0 Å². The zero-order valence-electron chi connectivity index (χ0n) is 9.65. The number of hydrogen-bond acceptors (Lipinski definition) is 3. The molecule has 1 fully saturated rings. The number of carbonyl (C=O) groups is 1. The van der Waals surface area contributed by atoms with E-state index in [2.05, 4.69) is 24.0 Å². The normalized spacial score (nSPS) is 21.6. The summed E-state index contributed by atoms with van der Waals surface area (Å²) < 4.78 is 0. The number of carbonyl (C=O) groups excluding carboxylic acids is 1. The van der Waals surface area contributed by atoms with Crippen molar-refractivity contribution < 1.29 is 4.79 Å². The predicted octanol–water partition coefficient (Wildman–Crippen LogP) is 0.640. The van der Waals surface area contributed by atoms with Gasteiger partial charge in [-0.15, -0.1) is 0 Å². The van der Waals surface area contributed by atoms with Gasteiger partial charge in [-0.2, -0.15) is 5.10 Å². The minimum Gasteiger partial charge on any atom is -0.337 e. The molecule has 0 aliphatic heterocycles. The third-order valence-corrected chi connectivity index (χ3v) is 3.15. The monoisotopic (exact) mass is 221 g/mol. The molecule has 0 aromatic carbocycles. The third-order valence-electron chi connectivity index (χ3n) is 3.15. The van der Waals surface area contributed by atoms with Gasteiger partial charge in [-0.3, -0.25) is 9.59 Å². The Hall–Kier alpha value is -1.65. The summed E-state index contributed by atoms with van der Waals surface area (Å²) in [5.74, 6) is -0.146. The maximum Gasteiger partial charge on any atom is 0.274 e. The molecule has 1 N–H and O–H groups in total. The van der Waals surface area contributed by atoms with Gasteiger partial charge in [0, 0.05) is 19.2 Å². The SMILES string of the molecule is CN(C(=O)c1ccc(=O)[nH]n1)C1CC1(C)C. The van der Waals surface area contributed by atoms with E-state index in [0.29, 0.717) is 0 Å². The van der Waals surface area contributed by atoms with E-state index in [1.165, 1.54) is 12.1 Å². The molecule has 5 heteroatoms. The Labute approximate surface area is 93.5 Å². The van der Waals surface area contributed by atoms with E-state index >= 15 is 0 Å². The first kappa shape index (κ1) is 10.9. The van der Waals surface area contributed by atoms with Crippen LogP contribution in [0.5, 0.6) is 0 Å². The molecule has 0 spiro atoms. The Kier molecular flexibility index (Phi) is 2.33. The standard InChI is InChI=1S/C11H15N3O2/c1-11(2)6-8(11)14(3)10(16)7-4-5-9(15)13-12-7/h4-5,8H,6H2,1-3H3,(H,13,15). The smallest absolute Gasteiger partial charge is 0.274 e. The molecule has 1 aliphatic rings. The lowest BCUT2D eigenvalue weighted by Crippen LogP contribution is -2.32. The molecule has 1 saturated carbocycles. The second-order valence-electron chi connectivity index (χ2n) is 4.93. The van der Waals surface area contributed by atoms with Crippen LogP contribution >= 0.6 is 0 Å². The fourth-order valence-electron chi connectivity index (χ4n) is 1.89. The maximum atomic E-state index is 12.0. The average molecular weight is 221 g/mol. The van der Waals surface area contributed by atoms with Gasteiger partial charge in [0.2, 0.25) is 0 Å². The highest BCUT2D eigenvalue weighted by molar-refractivity contribution is 5.92. The van der Waals surface area contributed by atoms with Crippen molar-refractivity contribution in [2.24, 2.45) is 5.41 Å². The van der Waals surface area contributed by atoms with Crippen molar-refractivity contribution in [3.63, 3.8) is 0 Å². The first-order chi connectivity index (χ1) is 7.42. The molecular weight excluding hydrogens is 206 g/mol. The van der Waals surface area contributed by atoms with E-state index in [0.717, 1.165) is 6.42 Å². The van der Waals surface area contributed by atoms with Crippen LogP contribution in [0.25, 0.3) is 0 Å². The quantitative estimate of drug-likeness (QED) is 0.797. The summed E-state index contributed by atoms with van der Waals surface area (Å²) in [5, 5.41) is 5.99. The van der Waals surface area contributed by atoms with E-state index in [1.54, 1.807) is 11.9 Å². The number of nitrogens with one attached hydrogen (secondary N) is 1. The van der Waals surface area contributed by atoms with Gasteiger partial charge in [-0.25, -0.2) is 5.10 Å². The fourth-order valence-corrected chi connectivity index (χ4v) is 1.89. The summed E-state index contributed by atoms with van der Waals surface area (Å²) in [6.45, 7) is 4.25. The predicted molar refractivity (Wildman–Crippen MR) is 59.1 cm³/mol. The van der Waals surface area contributed by atoms with E-state index in [4.69, 9.17) is 0 Å². The molecule has 1 aromatic rings. The third kappa shape index (κ3) is 1.85. The van der Waals surface area contributed by atoms with Gasteiger partial charge in [0.25, 0.3) is 11.5 Å². The minimum absolute atomic E-state index is 0.146. The van der Waals surface area contributed by atoms with Crippen LogP contribution in [-0.4, -0.2) is 34.1 Å². The molecule has 1 amide bonds. The van der Waals surface area contributed by atoms with Crippen molar-refractivity contribution in [2.75, 3.05) is 7.05 Å². The first-order valence-corrected chi connectivity index (χ1v) is 5.25. The summed E-state index contributed by atoms with van der Waals surface area (Å²) in [4.78, 5) is 24.5. The van der Waals surface area contributed by atoms with Crippen LogP contribution < -0.4 is 5.56 Å². The van der Waals surface area contributed by atoms with Gasteiger partial charge in [0.05, 0.1) is 0 Å². The molecule has 1 atom stereocenters. The van der Waals surface area contributed by atoms with Gasteiger partial charge in [-0.05, 0) is 17.9 Å². The van der Waals surface area contributed by atoms with Crippen molar-refractivity contribution in [3.8, 4) is 0 Å². The highest BCUT2D eigenvalue weighted by Gasteiger charge is 2.49. The molecule has 1 unspecified atom stereocenters. The Morgan fingerprint density at radius 3 is 2.62 bits per heavy atom. The van der Waals surface area contributed by atoms with Gasteiger partial charge >= 0.3 is 0 Å². The summed E-state index contributed by atoms with van der Waals surface area (Å²) in [6.07, 6.45) is 1.01. The van der Waals surface area contributed by atoms with Crippen molar-refractivity contribution in [1.82, 2.24) is 15.1 Å². The molecule has 5 nitrogen and oxygen atoms in total. The van der Waals surface area contributed by atoms with E-state index < -0.39 is 0 Å². The van der Waals surface area contributed by atoms with Crippen LogP contribution in [0, 0.1) is 5.41 Å². The van der Waals surface area contributed by atoms with Crippen LogP contribution in [0.1, 0.15) is 30.8 Å². The highest BCUT2D eigenvalue weighted by atomic mass is 16.2. The number of rotatable bonds is 2. The largest absolute Gasteiger partial charge is 0.337 e. The highest BCUT2D eigenvalue weighted by Crippen LogP contribution is 2.48. The van der Waals surface area contributed by atoms with Crippen molar-refractivity contribution in [1.29, 1.82) is 0 Å². The summed E-state index contributed by atoms with van der Waals surface area (Å²) in [5.41, 5.74) is 0.183. The molecule has 86 valence electrons. The van der Waals surface area contributed by atoms with E-state index in [1.807, 2.05) is 0 Å². The number of H-pyrrole nitrogens is 1. The molecule has 0 radical (unpaired) electrons. The second kappa shape index (κ2) is 3.43.